The van der Waals surface area contributed by atoms with Crippen molar-refractivity contribution in [3.05, 3.63) is 53.6 Å². The maximum absolute atomic E-state index is 9.83. The van der Waals surface area contributed by atoms with Crippen LogP contribution in [0.1, 0.15) is 11.1 Å². The van der Waals surface area contributed by atoms with Crippen LogP contribution in [0.2, 0.25) is 0 Å². The van der Waals surface area contributed by atoms with Crippen molar-refractivity contribution in [1.29, 1.82) is 0 Å². The summed E-state index contributed by atoms with van der Waals surface area (Å²) in [6.07, 6.45) is 0. The van der Waals surface area contributed by atoms with Crippen molar-refractivity contribution in [3.8, 4) is 16.9 Å². The third-order valence-corrected chi connectivity index (χ3v) is 2.70. The first kappa shape index (κ1) is 10.7. The molecule has 2 nitrogen and oxygen atoms in total. The van der Waals surface area contributed by atoms with Crippen molar-refractivity contribution >= 4 is 0 Å². The van der Waals surface area contributed by atoms with Gasteiger partial charge in [0.05, 0.1) is 6.61 Å². The van der Waals surface area contributed by atoms with Gasteiger partial charge in [-0.25, -0.2) is 0 Å². The first-order valence-corrected chi connectivity index (χ1v) is 5.21. The van der Waals surface area contributed by atoms with Crippen molar-refractivity contribution in [2.24, 2.45) is 0 Å². The lowest BCUT2D eigenvalue weighted by atomic mass is 9.95. The summed E-state index contributed by atoms with van der Waals surface area (Å²) in [6, 6.07) is 12.9. The molecule has 0 radical (unpaired) electrons. The van der Waals surface area contributed by atoms with Crippen LogP contribution < -0.4 is 0 Å². The van der Waals surface area contributed by atoms with Crippen LogP contribution in [0.3, 0.4) is 0 Å². The summed E-state index contributed by atoms with van der Waals surface area (Å²) in [6.45, 7) is 1.95. The highest BCUT2D eigenvalue weighted by molar-refractivity contribution is 5.75. The average molecular weight is 214 g/mol. The Hall–Kier alpha value is -1.80. The summed E-state index contributed by atoms with van der Waals surface area (Å²) in [4.78, 5) is 0. The van der Waals surface area contributed by atoms with Gasteiger partial charge in [0.1, 0.15) is 5.75 Å². The minimum atomic E-state index is -0.0225. The molecule has 2 aromatic carbocycles. The maximum Gasteiger partial charge on any atom is 0.123 e. The molecule has 0 aliphatic rings. The van der Waals surface area contributed by atoms with Gasteiger partial charge in [0.25, 0.3) is 0 Å². The number of aryl methyl sites for hydroxylation is 1. The SMILES string of the molecule is Cc1cccc(CO)c1-c1ccccc1O. The highest BCUT2D eigenvalue weighted by atomic mass is 16.3. The van der Waals surface area contributed by atoms with Gasteiger partial charge in [0, 0.05) is 5.56 Å². The largest absolute Gasteiger partial charge is 0.507 e. The van der Waals surface area contributed by atoms with Crippen molar-refractivity contribution in [2.75, 3.05) is 0 Å². The molecule has 0 unspecified atom stereocenters. The first-order chi connectivity index (χ1) is 7.74. The molecule has 82 valence electrons. The number of para-hydroxylation sites is 1. The lowest BCUT2D eigenvalue weighted by Gasteiger charge is -2.12. The third-order valence-electron chi connectivity index (χ3n) is 2.70. The molecule has 0 fully saturated rings. The van der Waals surface area contributed by atoms with Crippen molar-refractivity contribution in [3.63, 3.8) is 0 Å². The van der Waals surface area contributed by atoms with Crippen LogP contribution in [0.5, 0.6) is 5.75 Å². The Morgan fingerprint density at radius 2 is 1.75 bits per heavy atom. The summed E-state index contributed by atoms with van der Waals surface area (Å²) in [5.41, 5.74) is 3.57. The third kappa shape index (κ3) is 1.79. The van der Waals surface area contributed by atoms with Crippen LogP contribution in [-0.2, 0) is 6.61 Å². The summed E-state index contributed by atoms with van der Waals surface area (Å²) < 4.78 is 0. The molecule has 0 aromatic heterocycles. The van der Waals surface area contributed by atoms with E-state index in [9.17, 15) is 10.2 Å². The zero-order valence-corrected chi connectivity index (χ0v) is 9.14. The van der Waals surface area contributed by atoms with Crippen LogP contribution in [-0.4, -0.2) is 10.2 Å². The number of hydrogen-bond donors (Lipinski definition) is 2. The Morgan fingerprint density at radius 1 is 1.00 bits per heavy atom. The second-order valence-corrected chi connectivity index (χ2v) is 3.78. The van der Waals surface area contributed by atoms with Crippen molar-refractivity contribution in [2.45, 2.75) is 13.5 Å². The quantitative estimate of drug-likeness (QED) is 0.807. The minimum Gasteiger partial charge on any atom is -0.507 e. The van der Waals surface area contributed by atoms with Crippen molar-refractivity contribution < 1.29 is 10.2 Å². The molecular weight excluding hydrogens is 200 g/mol. The van der Waals surface area contributed by atoms with Gasteiger partial charge in [-0.3, -0.25) is 0 Å². The van der Waals surface area contributed by atoms with Gasteiger partial charge in [-0.1, -0.05) is 36.4 Å². The first-order valence-electron chi connectivity index (χ1n) is 5.21. The molecule has 0 bridgehead atoms. The molecule has 0 atom stereocenters. The molecule has 2 aromatic rings. The predicted octanol–water partition coefficient (Wildman–Crippen LogP) is 2.86. The molecule has 0 saturated carbocycles. The molecule has 0 aliphatic heterocycles. The molecule has 0 aliphatic carbocycles. The highest BCUT2D eigenvalue weighted by Gasteiger charge is 2.10. The maximum atomic E-state index is 9.83. The molecule has 2 rings (SSSR count). The van der Waals surface area contributed by atoms with Gasteiger partial charge >= 0.3 is 0 Å². The van der Waals surface area contributed by atoms with Gasteiger partial charge in [0.2, 0.25) is 0 Å². The van der Waals surface area contributed by atoms with E-state index in [4.69, 9.17) is 0 Å². The van der Waals surface area contributed by atoms with Gasteiger partial charge in [-0.2, -0.15) is 0 Å². The van der Waals surface area contributed by atoms with E-state index in [2.05, 4.69) is 0 Å². The number of aliphatic hydroxyl groups is 1. The lowest BCUT2D eigenvalue weighted by Crippen LogP contribution is -1.92. The second-order valence-electron chi connectivity index (χ2n) is 3.78. The number of phenols is 1. The van der Waals surface area contributed by atoms with E-state index in [0.29, 0.717) is 0 Å². The molecule has 0 heterocycles. The molecule has 2 heteroatoms. The zero-order chi connectivity index (χ0) is 11.5. The lowest BCUT2D eigenvalue weighted by molar-refractivity contribution is 0.282. The molecule has 2 N–H and O–H groups in total. The van der Waals surface area contributed by atoms with Crippen LogP contribution in [0.15, 0.2) is 42.5 Å². The Balaban J connectivity index is 2.68. The van der Waals surface area contributed by atoms with E-state index in [1.54, 1.807) is 12.1 Å². The monoisotopic (exact) mass is 214 g/mol. The molecule has 0 amide bonds. The molecule has 16 heavy (non-hydrogen) atoms. The Kier molecular flexibility index (Phi) is 2.93. The van der Waals surface area contributed by atoms with E-state index in [1.807, 2.05) is 37.3 Å². The van der Waals surface area contributed by atoms with Crippen LogP contribution in [0.4, 0.5) is 0 Å². The number of benzene rings is 2. The van der Waals surface area contributed by atoms with Gasteiger partial charge in [-0.15, -0.1) is 0 Å². The number of rotatable bonds is 2. The Bertz CT molecular complexity index is 504. The summed E-state index contributed by atoms with van der Waals surface area (Å²) in [5, 5.41) is 19.1. The van der Waals surface area contributed by atoms with E-state index in [1.165, 1.54) is 0 Å². The molecular formula is C14H14O2. The predicted molar refractivity (Wildman–Crippen MR) is 64.2 cm³/mol. The fraction of sp³-hybridized carbons (Fsp3) is 0.143. The standard InChI is InChI=1S/C14H14O2/c1-10-5-4-6-11(9-15)14(10)12-7-2-3-8-13(12)16/h2-8,15-16H,9H2,1H3. The minimum absolute atomic E-state index is 0.0225. The van der Waals surface area contributed by atoms with Crippen LogP contribution >= 0.6 is 0 Å². The van der Waals surface area contributed by atoms with E-state index in [0.717, 1.165) is 22.3 Å². The number of aliphatic hydroxyl groups excluding tert-OH is 1. The fourth-order valence-electron chi connectivity index (χ4n) is 1.93. The molecule has 0 spiro atoms. The molecule has 0 saturated heterocycles. The second kappa shape index (κ2) is 4.37. The number of hydrogen-bond acceptors (Lipinski definition) is 2. The summed E-state index contributed by atoms with van der Waals surface area (Å²) in [5.74, 6) is 0.242. The fourth-order valence-corrected chi connectivity index (χ4v) is 1.93. The zero-order valence-electron chi connectivity index (χ0n) is 9.14. The van der Waals surface area contributed by atoms with Crippen molar-refractivity contribution in [1.82, 2.24) is 0 Å². The summed E-state index contributed by atoms with van der Waals surface area (Å²) in [7, 11) is 0. The topological polar surface area (TPSA) is 40.5 Å². The highest BCUT2D eigenvalue weighted by Crippen LogP contribution is 2.33. The smallest absolute Gasteiger partial charge is 0.123 e. The van der Waals surface area contributed by atoms with E-state index in [-0.39, 0.29) is 12.4 Å². The van der Waals surface area contributed by atoms with E-state index >= 15 is 0 Å². The van der Waals surface area contributed by atoms with Gasteiger partial charge < -0.3 is 10.2 Å². The van der Waals surface area contributed by atoms with Crippen LogP contribution in [0.25, 0.3) is 11.1 Å². The Labute approximate surface area is 94.8 Å². The summed E-state index contributed by atoms with van der Waals surface area (Å²) >= 11 is 0. The normalized spacial score (nSPS) is 10.4. The average Bonchev–Trinajstić information content (AvgIpc) is 2.30. The number of aromatic hydroxyl groups is 1. The number of phenolic OH excluding ortho intramolecular Hbond substituents is 1. The van der Waals surface area contributed by atoms with E-state index < -0.39 is 0 Å². The van der Waals surface area contributed by atoms with Crippen LogP contribution in [0, 0.1) is 6.92 Å². The van der Waals surface area contributed by atoms with Gasteiger partial charge in [-0.05, 0) is 29.7 Å². The van der Waals surface area contributed by atoms with Gasteiger partial charge in [0.15, 0.2) is 0 Å². The Morgan fingerprint density at radius 3 is 2.44 bits per heavy atom.